The molecule has 1 aromatic rings. The largest absolute Gasteiger partial charge is 0.309 e. The van der Waals surface area contributed by atoms with Gasteiger partial charge in [0.25, 0.3) is 5.56 Å². The van der Waals surface area contributed by atoms with Crippen LogP contribution in [-0.2, 0) is 0 Å². The van der Waals surface area contributed by atoms with Crippen molar-refractivity contribution in [3.63, 3.8) is 0 Å². The Morgan fingerprint density at radius 3 is 2.73 bits per heavy atom. The summed E-state index contributed by atoms with van der Waals surface area (Å²) in [5.41, 5.74) is -0.0810. The minimum absolute atomic E-state index is 0.0810. The number of hydrogen-bond donors (Lipinski definition) is 0. The van der Waals surface area contributed by atoms with E-state index in [4.69, 9.17) is 0 Å². The van der Waals surface area contributed by atoms with E-state index in [-0.39, 0.29) is 11.6 Å². The molecule has 0 bridgehead atoms. The molecule has 0 fully saturated rings. The number of nitrogens with zero attached hydrogens (tertiary/aromatic N) is 2. The van der Waals surface area contributed by atoms with Gasteiger partial charge in [0.2, 0.25) is 0 Å². The average Bonchev–Trinajstić information content (AvgIpc) is 1.94. The third-order valence-electron chi connectivity index (χ3n) is 1.38. The molecule has 0 aromatic carbocycles. The van der Waals surface area contributed by atoms with Crippen LogP contribution in [-0.4, -0.2) is 9.55 Å². The lowest BCUT2D eigenvalue weighted by molar-refractivity contribution is 0.571. The molecule has 0 aliphatic heterocycles. The maximum atomic E-state index is 11.3. The van der Waals surface area contributed by atoms with Gasteiger partial charge in [0.15, 0.2) is 4.60 Å². The zero-order valence-electron chi connectivity index (χ0n) is 6.41. The molecule has 0 atom stereocenters. The molecule has 0 saturated carbocycles. The molecule has 4 heteroatoms. The van der Waals surface area contributed by atoms with Gasteiger partial charge in [-0.3, -0.25) is 4.79 Å². The van der Waals surface area contributed by atoms with Crippen molar-refractivity contribution in [3.8, 4) is 0 Å². The van der Waals surface area contributed by atoms with Gasteiger partial charge in [-0.15, -0.1) is 0 Å². The molecule has 0 aliphatic rings. The highest BCUT2D eigenvalue weighted by molar-refractivity contribution is 9.10. The molecule has 11 heavy (non-hydrogen) atoms. The van der Waals surface area contributed by atoms with Gasteiger partial charge in [0, 0.05) is 18.4 Å². The zero-order chi connectivity index (χ0) is 8.43. The highest BCUT2D eigenvalue weighted by Gasteiger charge is 2.02. The van der Waals surface area contributed by atoms with Gasteiger partial charge in [-0.1, -0.05) is 0 Å². The highest BCUT2D eigenvalue weighted by atomic mass is 79.9. The lowest BCUT2D eigenvalue weighted by atomic mass is 10.4. The first-order valence-corrected chi connectivity index (χ1v) is 4.15. The van der Waals surface area contributed by atoms with Gasteiger partial charge in [-0.2, -0.15) is 0 Å². The Bertz CT molecular complexity index is 306. The van der Waals surface area contributed by atoms with Crippen molar-refractivity contribution in [2.45, 2.75) is 19.9 Å². The van der Waals surface area contributed by atoms with Gasteiger partial charge in [0.05, 0.1) is 0 Å². The van der Waals surface area contributed by atoms with Gasteiger partial charge in [-0.25, -0.2) is 4.98 Å². The summed E-state index contributed by atoms with van der Waals surface area (Å²) < 4.78 is 1.99. The summed E-state index contributed by atoms with van der Waals surface area (Å²) in [5, 5.41) is 0. The first-order chi connectivity index (χ1) is 5.13. The number of hydrogen-bond acceptors (Lipinski definition) is 2. The van der Waals surface area contributed by atoms with Gasteiger partial charge >= 0.3 is 0 Å². The van der Waals surface area contributed by atoms with Crippen molar-refractivity contribution >= 4 is 15.9 Å². The Morgan fingerprint density at radius 2 is 2.27 bits per heavy atom. The summed E-state index contributed by atoms with van der Waals surface area (Å²) in [6, 6.07) is 0.182. The second-order valence-electron chi connectivity index (χ2n) is 2.52. The van der Waals surface area contributed by atoms with Gasteiger partial charge < -0.3 is 4.57 Å². The molecule has 0 amide bonds. The quantitative estimate of drug-likeness (QED) is 0.715. The third-order valence-corrected chi connectivity index (χ3v) is 1.93. The van der Waals surface area contributed by atoms with Crippen LogP contribution in [0.15, 0.2) is 21.8 Å². The fraction of sp³-hybridized carbons (Fsp3) is 0.429. The predicted octanol–water partition coefficient (Wildman–Crippen LogP) is 1.59. The van der Waals surface area contributed by atoms with E-state index in [0.29, 0.717) is 4.60 Å². The number of aromatic nitrogens is 2. The Kier molecular flexibility index (Phi) is 2.44. The molecule has 0 radical (unpaired) electrons. The summed E-state index contributed by atoms with van der Waals surface area (Å²) in [5.74, 6) is 0. The third kappa shape index (κ3) is 1.68. The lowest BCUT2D eigenvalue weighted by Crippen LogP contribution is -2.22. The summed E-state index contributed by atoms with van der Waals surface area (Å²) in [6.45, 7) is 3.90. The van der Waals surface area contributed by atoms with E-state index in [9.17, 15) is 4.79 Å². The van der Waals surface area contributed by atoms with E-state index >= 15 is 0 Å². The molecule has 0 spiro atoms. The minimum atomic E-state index is -0.0810. The lowest BCUT2D eigenvalue weighted by Gasteiger charge is -2.07. The summed E-state index contributed by atoms with van der Waals surface area (Å²) in [4.78, 5) is 15.1. The Hall–Kier alpha value is -0.640. The molecule has 60 valence electrons. The van der Waals surface area contributed by atoms with E-state index in [1.54, 1.807) is 17.0 Å². The number of halogens is 1. The molecule has 0 saturated heterocycles. The molecule has 1 heterocycles. The molecule has 1 aromatic heterocycles. The van der Waals surface area contributed by atoms with Crippen LogP contribution in [0.5, 0.6) is 0 Å². The summed E-state index contributed by atoms with van der Waals surface area (Å²) in [6.07, 6.45) is 3.28. The molecule has 0 unspecified atom stereocenters. The van der Waals surface area contributed by atoms with Gasteiger partial charge in [0.1, 0.15) is 0 Å². The molecule has 0 N–H and O–H groups in total. The second kappa shape index (κ2) is 3.17. The fourth-order valence-corrected chi connectivity index (χ4v) is 1.13. The minimum Gasteiger partial charge on any atom is -0.309 e. The molecular weight excluding hydrogens is 208 g/mol. The monoisotopic (exact) mass is 216 g/mol. The van der Waals surface area contributed by atoms with Crippen LogP contribution in [0, 0.1) is 0 Å². The SMILES string of the molecule is CC(C)n1ccnc(Br)c1=O. The van der Waals surface area contributed by atoms with Crippen molar-refractivity contribution in [1.82, 2.24) is 9.55 Å². The van der Waals surface area contributed by atoms with E-state index in [0.717, 1.165) is 0 Å². The van der Waals surface area contributed by atoms with E-state index in [1.165, 1.54) is 0 Å². The predicted molar refractivity (Wildman–Crippen MR) is 46.6 cm³/mol. The highest BCUT2D eigenvalue weighted by Crippen LogP contribution is 2.01. The molecular formula is C7H9BrN2O. The zero-order valence-corrected chi connectivity index (χ0v) is 8.00. The van der Waals surface area contributed by atoms with Crippen LogP contribution in [0.2, 0.25) is 0 Å². The molecule has 1 rings (SSSR count). The standard InChI is InChI=1S/C7H9BrN2O/c1-5(2)10-4-3-9-6(8)7(10)11/h3-5H,1-2H3. The normalized spacial score (nSPS) is 10.5. The maximum absolute atomic E-state index is 11.3. The summed E-state index contributed by atoms with van der Waals surface area (Å²) in [7, 11) is 0. The van der Waals surface area contributed by atoms with Crippen LogP contribution >= 0.6 is 15.9 Å². The first-order valence-electron chi connectivity index (χ1n) is 3.35. The number of rotatable bonds is 1. The molecule has 3 nitrogen and oxygen atoms in total. The first kappa shape index (κ1) is 8.46. The summed E-state index contributed by atoms with van der Waals surface area (Å²) >= 11 is 3.07. The maximum Gasteiger partial charge on any atom is 0.283 e. The molecule has 0 aliphatic carbocycles. The Morgan fingerprint density at radius 1 is 1.64 bits per heavy atom. The van der Waals surface area contributed by atoms with E-state index < -0.39 is 0 Å². The van der Waals surface area contributed by atoms with Crippen molar-refractivity contribution in [3.05, 3.63) is 27.4 Å². The Balaban J connectivity index is 3.28. The smallest absolute Gasteiger partial charge is 0.283 e. The van der Waals surface area contributed by atoms with Crippen LogP contribution in [0.4, 0.5) is 0 Å². The van der Waals surface area contributed by atoms with Crippen LogP contribution in [0.25, 0.3) is 0 Å². The van der Waals surface area contributed by atoms with Crippen molar-refractivity contribution < 1.29 is 0 Å². The topological polar surface area (TPSA) is 34.9 Å². The fourth-order valence-electron chi connectivity index (χ4n) is 0.807. The van der Waals surface area contributed by atoms with Crippen molar-refractivity contribution in [1.29, 1.82) is 0 Å². The van der Waals surface area contributed by atoms with Gasteiger partial charge in [-0.05, 0) is 29.8 Å². The van der Waals surface area contributed by atoms with Crippen molar-refractivity contribution in [2.75, 3.05) is 0 Å². The van der Waals surface area contributed by atoms with Crippen molar-refractivity contribution in [2.24, 2.45) is 0 Å². The van der Waals surface area contributed by atoms with Crippen LogP contribution in [0.1, 0.15) is 19.9 Å². The Labute approximate surface area is 73.2 Å². The van der Waals surface area contributed by atoms with E-state index in [1.807, 2.05) is 13.8 Å². The van der Waals surface area contributed by atoms with Crippen LogP contribution < -0.4 is 5.56 Å². The van der Waals surface area contributed by atoms with Crippen LogP contribution in [0.3, 0.4) is 0 Å². The average molecular weight is 217 g/mol. The second-order valence-corrected chi connectivity index (χ2v) is 3.28. The van der Waals surface area contributed by atoms with E-state index in [2.05, 4.69) is 20.9 Å².